The lowest BCUT2D eigenvalue weighted by Gasteiger charge is -2.41. The molecule has 2 aliphatic rings. The molecule has 2 heteroatoms. The fourth-order valence-electron chi connectivity index (χ4n) is 3.25. The molecule has 86 valence electrons. The molecule has 2 fully saturated rings. The lowest BCUT2D eigenvalue weighted by Crippen LogP contribution is -2.49. The Kier molecular flexibility index (Phi) is 3.35. The second kappa shape index (κ2) is 4.56. The number of hydrogen-bond donors (Lipinski definition) is 0. The molecule has 0 spiro atoms. The van der Waals surface area contributed by atoms with Gasteiger partial charge in [-0.25, -0.2) is 0 Å². The largest absolute Gasteiger partial charge is 0.371 e. The van der Waals surface area contributed by atoms with Gasteiger partial charge < -0.3 is 9.80 Å². The highest BCUT2D eigenvalue weighted by atomic mass is 15.3. The monoisotopic (exact) mass is 208 g/mol. The van der Waals surface area contributed by atoms with Gasteiger partial charge in [0, 0.05) is 24.3 Å². The molecule has 0 N–H and O–H groups in total. The zero-order valence-corrected chi connectivity index (χ0v) is 10.2. The Morgan fingerprint density at radius 2 is 1.80 bits per heavy atom. The summed E-state index contributed by atoms with van der Waals surface area (Å²) in [5.41, 5.74) is 1.26. The van der Waals surface area contributed by atoms with E-state index in [1.165, 1.54) is 50.9 Å². The topological polar surface area (TPSA) is 6.48 Å². The SMILES string of the molecule is C=C(C)N1CCCC1C1CCCCN1C. The van der Waals surface area contributed by atoms with Gasteiger partial charge in [0.25, 0.3) is 0 Å². The average Bonchev–Trinajstić information content (AvgIpc) is 2.67. The molecule has 2 heterocycles. The van der Waals surface area contributed by atoms with Gasteiger partial charge >= 0.3 is 0 Å². The third-order valence-electron chi connectivity index (χ3n) is 4.06. The van der Waals surface area contributed by atoms with Gasteiger partial charge in [-0.2, -0.15) is 0 Å². The van der Waals surface area contributed by atoms with Crippen molar-refractivity contribution in [2.75, 3.05) is 20.1 Å². The summed E-state index contributed by atoms with van der Waals surface area (Å²) in [5, 5.41) is 0. The van der Waals surface area contributed by atoms with Gasteiger partial charge in [0.15, 0.2) is 0 Å². The van der Waals surface area contributed by atoms with Crippen molar-refractivity contribution in [3.63, 3.8) is 0 Å². The van der Waals surface area contributed by atoms with Crippen molar-refractivity contribution >= 4 is 0 Å². The van der Waals surface area contributed by atoms with E-state index in [0.717, 1.165) is 12.1 Å². The molecular formula is C13H24N2. The Morgan fingerprint density at radius 3 is 2.47 bits per heavy atom. The van der Waals surface area contributed by atoms with Gasteiger partial charge in [0.2, 0.25) is 0 Å². The van der Waals surface area contributed by atoms with E-state index >= 15 is 0 Å². The highest BCUT2D eigenvalue weighted by Gasteiger charge is 2.34. The third-order valence-corrected chi connectivity index (χ3v) is 4.06. The first-order valence-corrected chi connectivity index (χ1v) is 6.32. The summed E-state index contributed by atoms with van der Waals surface area (Å²) in [6.07, 6.45) is 6.89. The van der Waals surface area contributed by atoms with Crippen LogP contribution in [0.5, 0.6) is 0 Å². The molecule has 0 aromatic carbocycles. The van der Waals surface area contributed by atoms with Crippen LogP contribution in [0.15, 0.2) is 12.3 Å². The maximum atomic E-state index is 4.11. The molecular weight excluding hydrogens is 184 g/mol. The molecule has 2 aliphatic heterocycles. The van der Waals surface area contributed by atoms with Crippen molar-refractivity contribution in [2.24, 2.45) is 0 Å². The molecule has 15 heavy (non-hydrogen) atoms. The van der Waals surface area contributed by atoms with Gasteiger partial charge in [-0.15, -0.1) is 0 Å². The standard InChI is InChI=1S/C13H24N2/c1-11(2)15-10-6-8-13(15)12-7-4-5-9-14(12)3/h12-13H,1,4-10H2,2-3H3. The van der Waals surface area contributed by atoms with E-state index in [2.05, 4.69) is 30.4 Å². The van der Waals surface area contributed by atoms with Crippen molar-refractivity contribution in [1.29, 1.82) is 0 Å². The first kappa shape index (κ1) is 11.0. The van der Waals surface area contributed by atoms with Crippen molar-refractivity contribution in [3.8, 4) is 0 Å². The molecule has 2 saturated heterocycles. The van der Waals surface area contributed by atoms with Gasteiger partial charge in [-0.3, -0.25) is 0 Å². The van der Waals surface area contributed by atoms with Crippen LogP contribution in [0.25, 0.3) is 0 Å². The van der Waals surface area contributed by atoms with Crippen LogP contribution in [0.2, 0.25) is 0 Å². The Morgan fingerprint density at radius 1 is 1.07 bits per heavy atom. The number of likely N-dealkylation sites (N-methyl/N-ethyl adjacent to an activating group) is 1. The van der Waals surface area contributed by atoms with E-state index in [0.29, 0.717) is 0 Å². The van der Waals surface area contributed by atoms with E-state index < -0.39 is 0 Å². The van der Waals surface area contributed by atoms with E-state index in [4.69, 9.17) is 0 Å². The van der Waals surface area contributed by atoms with Gasteiger partial charge in [0.05, 0.1) is 0 Å². The second-order valence-electron chi connectivity index (χ2n) is 5.18. The minimum absolute atomic E-state index is 0.743. The smallest absolute Gasteiger partial charge is 0.0442 e. The summed E-state index contributed by atoms with van der Waals surface area (Å²) >= 11 is 0. The summed E-state index contributed by atoms with van der Waals surface area (Å²) in [6.45, 7) is 8.78. The maximum Gasteiger partial charge on any atom is 0.0442 e. The van der Waals surface area contributed by atoms with Crippen molar-refractivity contribution in [2.45, 2.75) is 51.1 Å². The third kappa shape index (κ3) is 2.20. The molecule has 0 saturated carbocycles. The number of hydrogen-bond acceptors (Lipinski definition) is 2. The zero-order chi connectivity index (χ0) is 10.8. The number of piperidine rings is 1. The van der Waals surface area contributed by atoms with E-state index in [-0.39, 0.29) is 0 Å². The maximum absolute atomic E-state index is 4.11. The molecule has 0 aromatic heterocycles. The minimum Gasteiger partial charge on any atom is -0.371 e. The van der Waals surface area contributed by atoms with Gasteiger partial charge in [-0.1, -0.05) is 13.0 Å². The van der Waals surface area contributed by atoms with Crippen LogP contribution >= 0.6 is 0 Å². The summed E-state index contributed by atoms with van der Waals surface area (Å²) in [7, 11) is 2.29. The van der Waals surface area contributed by atoms with Crippen molar-refractivity contribution < 1.29 is 0 Å². The number of likely N-dealkylation sites (tertiary alicyclic amines) is 2. The molecule has 0 radical (unpaired) electrons. The van der Waals surface area contributed by atoms with Crippen LogP contribution in [-0.2, 0) is 0 Å². The van der Waals surface area contributed by atoms with E-state index in [9.17, 15) is 0 Å². The van der Waals surface area contributed by atoms with Crippen LogP contribution < -0.4 is 0 Å². The molecule has 0 amide bonds. The minimum atomic E-state index is 0.743. The van der Waals surface area contributed by atoms with Crippen LogP contribution in [0.3, 0.4) is 0 Å². The molecule has 0 aromatic rings. The summed E-state index contributed by atoms with van der Waals surface area (Å²) < 4.78 is 0. The summed E-state index contributed by atoms with van der Waals surface area (Å²) in [4.78, 5) is 5.10. The molecule has 0 bridgehead atoms. The zero-order valence-electron chi connectivity index (χ0n) is 10.2. The average molecular weight is 208 g/mol. The highest BCUT2D eigenvalue weighted by molar-refractivity contribution is 5.01. The molecule has 2 nitrogen and oxygen atoms in total. The normalized spacial score (nSPS) is 33.3. The predicted molar refractivity (Wildman–Crippen MR) is 64.8 cm³/mol. The Bertz CT molecular complexity index is 237. The van der Waals surface area contributed by atoms with Gasteiger partial charge in [0.1, 0.15) is 0 Å². The van der Waals surface area contributed by atoms with Crippen LogP contribution in [-0.4, -0.2) is 42.0 Å². The fourth-order valence-corrected chi connectivity index (χ4v) is 3.25. The quantitative estimate of drug-likeness (QED) is 0.688. The Balaban J connectivity index is 2.04. The first-order chi connectivity index (χ1) is 7.20. The molecule has 2 atom stereocenters. The Hall–Kier alpha value is -0.500. The lowest BCUT2D eigenvalue weighted by molar-refractivity contribution is 0.109. The summed E-state index contributed by atoms with van der Waals surface area (Å²) in [5.74, 6) is 0. The molecule has 2 unspecified atom stereocenters. The van der Waals surface area contributed by atoms with Crippen molar-refractivity contribution in [1.82, 2.24) is 9.80 Å². The molecule has 0 aliphatic carbocycles. The Labute approximate surface area is 93.9 Å². The van der Waals surface area contributed by atoms with Crippen LogP contribution in [0, 0.1) is 0 Å². The van der Waals surface area contributed by atoms with E-state index in [1.807, 2.05) is 0 Å². The second-order valence-corrected chi connectivity index (χ2v) is 5.18. The lowest BCUT2D eigenvalue weighted by atomic mass is 9.94. The number of nitrogens with zero attached hydrogens (tertiary/aromatic N) is 2. The molecule has 2 rings (SSSR count). The van der Waals surface area contributed by atoms with E-state index in [1.54, 1.807) is 0 Å². The van der Waals surface area contributed by atoms with Gasteiger partial charge in [-0.05, 0) is 46.2 Å². The number of allylic oxidation sites excluding steroid dienone is 1. The summed E-state index contributed by atoms with van der Waals surface area (Å²) in [6, 6.07) is 1.52. The van der Waals surface area contributed by atoms with Crippen LogP contribution in [0.4, 0.5) is 0 Å². The fraction of sp³-hybridized carbons (Fsp3) is 0.846. The predicted octanol–water partition coefficient (Wildman–Crippen LogP) is 2.47. The number of rotatable bonds is 2. The van der Waals surface area contributed by atoms with Crippen molar-refractivity contribution in [3.05, 3.63) is 12.3 Å². The highest BCUT2D eigenvalue weighted by Crippen LogP contribution is 2.30. The van der Waals surface area contributed by atoms with Crippen LogP contribution in [0.1, 0.15) is 39.0 Å². The first-order valence-electron chi connectivity index (χ1n) is 6.32.